The van der Waals surface area contributed by atoms with Crippen molar-refractivity contribution in [2.45, 2.75) is 58.6 Å². The molecule has 3 aromatic rings. The summed E-state index contributed by atoms with van der Waals surface area (Å²) in [5, 5.41) is 10.9. The van der Waals surface area contributed by atoms with E-state index in [0.29, 0.717) is 6.61 Å². The van der Waals surface area contributed by atoms with E-state index in [0.717, 1.165) is 52.1 Å². The molecule has 1 aromatic heterocycles. The van der Waals surface area contributed by atoms with Crippen LogP contribution in [-0.4, -0.2) is 33.5 Å². The predicted octanol–water partition coefficient (Wildman–Crippen LogP) is 5.22. The van der Waals surface area contributed by atoms with Crippen LogP contribution >= 0.6 is 0 Å². The summed E-state index contributed by atoms with van der Waals surface area (Å²) in [6.45, 7) is 11.1. The van der Waals surface area contributed by atoms with Gasteiger partial charge in [-0.25, -0.2) is 4.98 Å². The fourth-order valence-corrected chi connectivity index (χ4v) is 4.79. The van der Waals surface area contributed by atoms with E-state index in [-0.39, 0.29) is 17.0 Å². The fourth-order valence-electron chi connectivity index (χ4n) is 4.79. The summed E-state index contributed by atoms with van der Waals surface area (Å²) >= 11 is 0. The lowest BCUT2D eigenvalue weighted by Gasteiger charge is -2.31. The number of hydrogen-bond donors (Lipinski definition) is 1. The lowest BCUT2D eigenvalue weighted by atomic mass is 9.81. The van der Waals surface area contributed by atoms with E-state index in [1.165, 1.54) is 11.1 Å². The first-order chi connectivity index (χ1) is 14.7. The second kappa shape index (κ2) is 6.71. The van der Waals surface area contributed by atoms with Gasteiger partial charge in [-0.15, -0.1) is 0 Å². The van der Waals surface area contributed by atoms with Crippen LogP contribution in [0.3, 0.4) is 0 Å². The van der Waals surface area contributed by atoms with Crippen molar-refractivity contribution in [2.75, 3.05) is 6.61 Å². The van der Waals surface area contributed by atoms with Gasteiger partial charge >= 0.3 is 0 Å². The van der Waals surface area contributed by atoms with Crippen molar-refractivity contribution in [3.63, 3.8) is 0 Å². The molecule has 1 N–H and O–H groups in total. The second-order valence-electron chi connectivity index (χ2n) is 9.71. The van der Waals surface area contributed by atoms with Crippen molar-refractivity contribution >= 4 is 16.6 Å². The third-order valence-electron chi connectivity index (χ3n) is 5.93. The zero-order valence-electron chi connectivity index (χ0n) is 18.7. The molecule has 5 heteroatoms. The van der Waals surface area contributed by atoms with Gasteiger partial charge in [-0.2, -0.15) is 0 Å². The Labute approximate surface area is 182 Å². The molecule has 0 amide bonds. The Balaban J connectivity index is 1.75. The van der Waals surface area contributed by atoms with E-state index in [1.807, 2.05) is 25.1 Å². The molecule has 0 spiro atoms. The number of aromatic nitrogens is 1. The van der Waals surface area contributed by atoms with Gasteiger partial charge in [0.05, 0.1) is 23.4 Å². The Morgan fingerprint density at radius 1 is 1.06 bits per heavy atom. The summed E-state index contributed by atoms with van der Waals surface area (Å²) in [6, 6.07) is 11.8. The molecule has 2 aromatic carbocycles. The van der Waals surface area contributed by atoms with Crippen LogP contribution in [0.15, 0.2) is 41.4 Å². The van der Waals surface area contributed by atoms with Gasteiger partial charge in [0.25, 0.3) is 0 Å². The van der Waals surface area contributed by atoms with Crippen LogP contribution in [0.4, 0.5) is 0 Å². The molecule has 3 heterocycles. The van der Waals surface area contributed by atoms with Crippen molar-refractivity contribution in [3.05, 3.63) is 58.7 Å². The largest absolute Gasteiger partial charge is 0.493 e. The Kier molecular flexibility index (Phi) is 4.30. The molecule has 2 aliphatic rings. The van der Waals surface area contributed by atoms with Gasteiger partial charge in [-0.1, -0.05) is 12.1 Å². The average molecular weight is 417 g/mol. The molecule has 5 nitrogen and oxygen atoms in total. The van der Waals surface area contributed by atoms with Crippen LogP contribution in [0.1, 0.15) is 56.9 Å². The first-order valence-corrected chi connectivity index (χ1v) is 10.9. The van der Waals surface area contributed by atoms with Crippen LogP contribution in [0.25, 0.3) is 10.9 Å². The number of aromatic hydroxyl groups is 1. The normalized spacial score (nSPS) is 18.2. The first kappa shape index (κ1) is 19.9. The van der Waals surface area contributed by atoms with E-state index in [1.54, 1.807) is 6.07 Å². The molecule has 5 rings (SSSR count). The molecule has 31 heavy (non-hydrogen) atoms. The fraction of sp³-hybridized carbons (Fsp3) is 0.385. The highest BCUT2D eigenvalue weighted by molar-refractivity contribution is 6.17. The molecule has 2 aliphatic heterocycles. The molecule has 0 radical (unpaired) electrons. The quantitative estimate of drug-likeness (QED) is 0.635. The van der Waals surface area contributed by atoms with E-state index in [9.17, 15) is 5.11 Å². The van der Waals surface area contributed by atoms with Crippen LogP contribution in [-0.2, 0) is 12.8 Å². The zero-order valence-corrected chi connectivity index (χ0v) is 18.7. The maximum atomic E-state index is 9.87. The molecule has 0 saturated heterocycles. The monoisotopic (exact) mass is 416 g/mol. The van der Waals surface area contributed by atoms with Crippen LogP contribution in [0.5, 0.6) is 17.4 Å². The third kappa shape index (κ3) is 3.42. The van der Waals surface area contributed by atoms with Gasteiger partial charge in [-0.3, -0.25) is 4.99 Å². The Morgan fingerprint density at radius 2 is 1.84 bits per heavy atom. The van der Waals surface area contributed by atoms with Crippen LogP contribution < -0.4 is 9.47 Å². The number of nitrogens with zero attached hydrogens (tertiary/aromatic N) is 2. The van der Waals surface area contributed by atoms with Gasteiger partial charge in [-0.05, 0) is 64.8 Å². The minimum absolute atomic E-state index is 0.0216. The van der Waals surface area contributed by atoms with Gasteiger partial charge in [0.2, 0.25) is 5.88 Å². The molecule has 0 aliphatic carbocycles. The molecular weight excluding hydrogens is 388 g/mol. The molecule has 0 bridgehead atoms. The minimum Gasteiger partial charge on any atom is -0.493 e. The van der Waals surface area contributed by atoms with Crippen LogP contribution in [0.2, 0.25) is 0 Å². The number of fused-ring (bicyclic) bond motifs is 4. The number of hydrogen-bond acceptors (Lipinski definition) is 5. The molecule has 0 saturated carbocycles. The lowest BCUT2D eigenvalue weighted by Crippen LogP contribution is -2.30. The van der Waals surface area contributed by atoms with E-state index >= 15 is 0 Å². The van der Waals surface area contributed by atoms with Crippen molar-refractivity contribution in [3.8, 4) is 17.4 Å². The summed E-state index contributed by atoms with van der Waals surface area (Å²) in [5.74, 6) is 1.69. The SMILES string of the molecule is CCOc1cc2c(c3c1OC(C)(C)C3)C(c1ccc3ccc(O)nc3c1)=NC(C)(C)C2. The van der Waals surface area contributed by atoms with Gasteiger partial charge in [0.15, 0.2) is 11.5 Å². The minimum atomic E-state index is -0.294. The smallest absolute Gasteiger partial charge is 0.211 e. The molecule has 0 unspecified atom stereocenters. The molecular formula is C26H28N2O3. The predicted molar refractivity (Wildman–Crippen MR) is 123 cm³/mol. The van der Waals surface area contributed by atoms with Crippen LogP contribution in [0, 0.1) is 0 Å². The Bertz CT molecular complexity index is 1240. The number of pyridine rings is 1. The molecule has 0 atom stereocenters. The van der Waals surface area contributed by atoms with E-state index < -0.39 is 0 Å². The highest BCUT2D eigenvalue weighted by Crippen LogP contribution is 2.48. The highest BCUT2D eigenvalue weighted by Gasteiger charge is 2.39. The number of aliphatic imine (C=N–C) groups is 1. The van der Waals surface area contributed by atoms with Gasteiger partial charge in [0, 0.05) is 34.6 Å². The van der Waals surface area contributed by atoms with E-state index in [2.05, 4.69) is 44.8 Å². The van der Waals surface area contributed by atoms with Crippen molar-refractivity contribution in [2.24, 2.45) is 4.99 Å². The average Bonchev–Trinajstić information content (AvgIpc) is 3.01. The van der Waals surface area contributed by atoms with Gasteiger partial charge in [0.1, 0.15) is 5.60 Å². The summed E-state index contributed by atoms with van der Waals surface area (Å²) in [5.41, 5.74) is 5.74. The number of ether oxygens (including phenoxy) is 2. The maximum absolute atomic E-state index is 9.87. The van der Waals surface area contributed by atoms with Crippen molar-refractivity contribution < 1.29 is 14.6 Å². The number of benzene rings is 2. The standard InChI is InChI=1S/C26H28N2O3/c1-6-30-20-12-17-13-25(2,3)28-23(22(17)18-14-26(4,5)31-24(18)20)16-8-7-15-9-10-21(29)27-19(15)11-16/h7-12H,6,13-14H2,1-5H3,(H,27,29). The maximum Gasteiger partial charge on any atom is 0.211 e. The Morgan fingerprint density at radius 3 is 2.61 bits per heavy atom. The second-order valence-corrected chi connectivity index (χ2v) is 9.71. The summed E-state index contributed by atoms with van der Waals surface area (Å²) in [7, 11) is 0. The topological polar surface area (TPSA) is 63.9 Å². The van der Waals surface area contributed by atoms with Crippen molar-refractivity contribution in [1.29, 1.82) is 0 Å². The van der Waals surface area contributed by atoms with Crippen molar-refractivity contribution in [1.82, 2.24) is 4.98 Å². The highest BCUT2D eigenvalue weighted by atomic mass is 16.5. The Hall–Kier alpha value is -3.08. The number of rotatable bonds is 3. The van der Waals surface area contributed by atoms with E-state index in [4.69, 9.17) is 14.5 Å². The molecule has 0 fully saturated rings. The van der Waals surface area contributed by atoms with Gasteiger partial charge < -0.3 is 14.6 Å². The summed E-state index contributed by atoms with van der Waals surface area (Å²) in [6.07, 6.45) is 1.64. The third-order valence-corrected chi connectivity index (χ3v) is 5.93. The summed E-state index contributed by atoms with van der Waals surface area (Å²) in [4.78, 5) is 9.50. The summed E-state index contributed by atoms with van der Waals surface area (Å²) < 4.78 is 12.3. The first-order valence-electron chi connectivity index (χ1n) is 10.9. The molecule has 160 valence electrons. The zero-order chi connectivity index (χ0) is 22.0. The lowest BCUT2D eigenvalue weighted by molar-refractivity contribution is 0.132.